The topological polar surface area (TPSA) is 32.3 Å². The van der Waals surface area contributed by atoms with Crippen LogP contribution in [0.3, 0.4) is 0 Å². The summed E-state index contributed by atoms with van der Waals surface area (Å²) >= 11 is 0. The van der Waals surface area contributed by atoms with Crippen LogP contribution >= 0.6 is 0 Å². The molecule has 0 saturated carbocycles. The number of phenolic OH excluding ortho intramolecular Hbond substituents is 1. The van der Waals surface area contributed by atoms with Gasteiger partial charge in [-0.15, -0.1) is 0 Å². The summed E-state index contributed by atoms with van der Waals surface area (Å²) < 4.78 is 0. The molecule has 0 fully saturated rings. The molecule has 0 heterocycles. The summed E-state index contributed by atoms with van der Waals surface area (Å²) in [5.74, 6) is 0.456. The van der Waals surface area contributed by atoms with Crippen LogP contribution in [0.25, 0.3) is 0 Å². The normalized spacial score (nSPS) is 11.8. The first kappa shape index (κ1) is 19.0. The lowest BCUT2D eigenvalue weighted by atomic mass is 9.80. The molecule has 0 radical (unpaired) electrons. The van der Waals surface area contributed by atoms with Crippen LogP contribution in [0.2, 0.25) is 0 Å². The Bertz CT molecular complexity index is 363. The van der Waals surface area contributed by atoms with Gasteiger partial charge in [0.05, 0.1) is 0 Å². The van der Waals surface area contributed by atoms with Crippen LogP contribution in [-0.4, -0.2) is 18.2 Å². The summed E-state index contributed by atoms with van der Waals surface area (Å²) in [5, 5.41) is 13.4. The SMILES string of the molecule is CC(C)(C)c1cccc(C(C)(C)C)c1O.CCNCC. The van der Waals surface area contributed by atoms with E-state index in [1.165, 1.54) is 0 Å². The largest absolute Gasteiger partial charge is 0.507 e. The van der Waals surface area contributed by atoms with Gasteiger partial charge in [0.2, 0.25) is 0 Å². The van der Waals surface area contributed by atoms with Crippen LogP contribution in [0.15, 0.2) is 18.2 Å². The molecule has 0 unspecified atom stereocenters. The molecule has 0 aliphatic carbocycles. The lowest BCUT2D eigenvalue weighted by Gasteiger charge is -2.26. The number of nitrogens with one attached hydrogen (secondary N) is 1. The highest BCUT2D eigenvalue weighted by atomic mass is 16.3. The lowest BCUT2D eigenvalue weighted by molar-refractivity contribution is 0.423. The molecule has 0 aliphatic heterocycles. The second kappa shape index (κ2) is 7.68. The third-order valence-electron chi connectivity index (χ3n) is 3.15. The first-order valence-electron chi connectivity index (χ1n) is 7.59. The maximum absolute atomic E-state index is 10.3. The molecular weight excluding hydrogens is 246 g/mol. The predicted molar refractivity (Wildman–Crippen MR) is 89.7 cm³/mol. The van der Waals surface area contributed by atoms with E-state index in [2.05, 4.69) is 60.7 Å². The van der Waals surface area contributed by atoms with Gasteiger partial charge in [0, 0.05) is 0 Å². The van der Waals surface area contributed by atoms with E-state index in [4.69, 9.17) is 0 Å². The van der Waals surface area contributed by atoms with Gasteiger partial charge in [0.1, 0.15) is 5.75 Å². The molecule has 0 saturated heterocycles. The van der Waals surface area contributed by atoms with Crippen molar-refractivity contribution in [2.24, 2.45) is 0 Å². The molecule has 2 N–H and O–H groups in total. The Labute approximate surface area is 125 Å². The number of rotatable bonds is 2. The molecule has 2 heteroatoms. The summed E-state index contributed by atoms with van der Waals surface area (Å²) in [6.45, 7) is 19.1. The fraction of sp³-hybridized carbons (Fsp3) is 0.667. The van der Waals surface area contributed by atoms with E-state index in [1.54, 1.807) is 0 Å². The molecule has 0 spiro atoms. The fourth-order valence-corrected chi connectivity index (χ4v) is 2.00. The maximum Gasteiger partial charge on any atom is 0.123 e. The van der Waals surface area contributed by atoms with Crippen LogP contribution in [0.4, 0.5) is 0 Å². The molecule has 1 rings (SSSR count). The fourth-order valence-electron chi connectivity index (χ4n) is 2.00. The van der Waals surface area contributed by atoms with Gasteiger partial charge < -0.3 is 10.4 Å². The van der Waals surface area contributed by atoms with E-state index in [-0.39, 0.29) is 10.8 Å². The zero-order valence-corrected chi connectivity index (χ0v) is 14.6. The molecule has 1 aromatic rings. The standard InChI is InChI=1S/C14H22O.C4H11N/c1-13(2,3)10-8-7-9-11(12(10)15)14(4,5)6;1-3-5-4-2/h7-9,15H,1-6H3;5H,3-4H2,1-2H3. The van der Waals surface area contributed by atoms with Crippen molar-refractivity contribution in [3.05, 3.63) is 29.3 Å². The van der Waals surface area contributed by atoms with Crippen molar-refractivity contribution < 1.29 is 5.11 Å². The van der Waals surface area contributed by atoms with Crippen molar-refractivity contribution in [2.45, 2.75) is 66.2 Å². The average Bonchev–Trinajstić information content (AvgIpc) is 2.28. The molecule has 0 atom stereocenters. The molecule has 0 aliphatic rings. The quantitative estimate of drug-likeness (QED) is 0.829. The zero-order valence-electron chi connectivity index (χ0n) is 14.6. The van der Waals surface area contributed by atoms with E-state index in [1.807, 2.05) is 18.2 Å². The second-order valence-electron chi connectivity index (χ2n) is 7.16. The Morgan fingerprint density at radius 1 is 0.850 bits per heavy atom. The van der Waals surface area contributed by atoms with E-state index >= 15 is 0 Å². The monoisotopic (exact) mass is 279 g/mol. The molecular formula is C18H33NO. The summed E-state index contributed by atoms with van der Waals surface area (Å²) in [4.78, 5) is 0. The molecule has 20 heavy (non-hydrogen) atoms. The number of benzene rings is 1. The summed E-state index contributed by atoms with van der Waals surface area (Å²) in [6.07, 6.45) is 0. The molecule has 0 aromatic heterocycles. The van der Waals surface area contributed by atoms with Crippen molar-refractivity contribution in [1.29, 1.82) is 0 Å². The molecule has 116 valence electrons. The summed E-state index contributed by atoms with van der Waals surface area (Å²) in [5.41, 5.74) is 2.03. The Balaban J connectivity index is 0.000000621. The number of phenols is 1. The minimum absolute atomic E-state index is 0.00859. The van der Waals surface area contributed by atoms with E-state index in [0.717, 1.165) is 24.2 Å². The van der Waals surface area contributed by atoms with Crippen molar-refractivity contribution in [3.8, 4) is 5.75 Å². The van der Waals surface area contributed by atoms with Gasteiger partial charge in [0.25, 0.3) is 0 Å². The van der Waals surface area contributed by atoms with Crippen molar-refractivity contribution in [3.63, 3.8) is 0 Å². The van der Waals surface area contributed by atoms with Crippen LogP contribution in [-0.2, 0) is 10.8 Å². The highest BCUT2D eigenvalue weighted by Crippen LogP contribution is 2.38. The van der Waals surface area contributed by atoms with Crippen LogP contribution in [0.1, 0.15) is 66.5 Å². The number of hydrogen-bond donors (Lipinski definition) is 2. The van der Waals surface area contributed by atoms with E-state index < -0.39 is 0 Å². The third kappa shape index (κ3) is 5.96. The van der Waals surface area contributed by atoms with Crippen molar-refractivity contribution >= 4 is 0 Å². The van der Waals surface area contributed by atoms with Gasteiger partial charge in [-0.25, -0.2) is 0 Å². The van der Waals surface area contributed by atoms with Crippen LogP contribution in [0.5, 0.6) is 5.75 Å². The Kier molecular flexibility index (Phi) is 7.29. The van der Waals surface area contributed by atoms with Crippen molar-refractivity contribution in [1.82, 2.24) is 5.32 Å². The molecule has 0 bridgehead atoms. The highest BCUT2D eigenvalue weighted by Gasteiger charge is 2.24. The third-order valence-corrected chi connectivity index (χ3v) is 3.15. The Morgan fingerprint density at radius 2 is 1.20 bits per heavy atom. The van der Waals surface area contributed by atoms with Gasteiger partial charge in [-0.05, 0) is 35.0 Å². The van der Waals surface area contributed by atoms with E-state index in [9.17, 15) is 5.11 Å². The van der Waals surface area contributed by atoms with Gasteiger partial charge in [-0.2, -0.15) is 0 Å². The van der Waals surface area contributed by atoms with Crippen LogP contribution < -0.4 is 5.32 Å². The molecule has 0 amide bonds. The average molecular weight is 279 g/mol. The number of para-hydroxylation sites is 1. The van der Waals surface area contributed by atoms with E-state index in [0.29, 0.717) is 5.75 Å². The highest BCUT2D eigenvalue weighted by molar-refractivity contribution is 5.46. The maximum atomic E-state index is 10.3. The Hall–Kier alpha value is -1.02. The van der Waals surface area contributed by atoms with Gasteiger partial charge in [-0.3, -0.25) is 0 Å². The zero-order chi connectivity index (χ0) is 16.0. The van der Waals surface area contributed by atoms with Gasteiger partial charge in [-0.1, -0.05) is 73.6 Å². The lowest BCUT2D eigenvalue weighted by Crippen LogP contribution is -2.16. The summed E-state index contributed by atoms with van der Waals surface area (Å²) in [7, 11) is 0. The minimum Gasteiger partial charge on any atom is -0.507 e. The summed E-state index contributed by atoms with van der Waals surface area (Å²) in [6, 6.07) is 6.04. The number of hydrogen-bond acceptors (Lipinski definition) is 2. The van der Waals surface area contributed by atoms with Gasteiger partial charge in [0.15, 0.2) is 0 Å². The molecule has 1 aromatic carbocycles. The minimum atomic E-state index is -0.00859. The first-order chi connectivity index (χ1) is 9.05. The van der Waals surface area contributed by atoms with Crippen LogP contribution in [0, 0.1) is 0 Å². The predicted octanol–water partition coefficient (Wildman–Crippen LogP) is 4.60. The number of aromatic hydroxyl groups is 1. The Morgan fingerprint density at radius 3 is 1.40 bits per heavy atom. The van der Waals surface area contributed by atoms with Gasteiger partial charge >= 0.3 is 0 Å². The second-order valence-corrected chi connectivity index (χ2v) is 7.16. The van der Waals surface area contributed by atoms with Crippen molar-refractivity contribution in [2.75, 3.05) is 13.1 Å². The smallest absolute Gasteiger partial charge is 0.123 e. The molecule has 2 nitrogen and oxygen atoms in total. The first-order valence-corrected chi connectivity index (χ1v) is 7.59.